The molecule has 0 unspecified atom stereocenters. The lowest BCUT2D eigenvalue weighted by Crippen LogP contribution is -2.43. The zero-order valence-corrected chi connectivity index (χ0v) is 11.3. The van der Waals surface area contributed by atoms with Crippen molar-refractivity contribution >= 4 is 11.9 Å². The van der Waals surface area contributed by atoms with Gasteiger partial charge in [0, 0.05) is 7.05 Å². The first kappa shape index (κ1) is 15.2. The number of carboxylic acid groups (broad SMARTS) is 1. The Hall–Kier alpha value is -1.89. The Morgan fingerprint density at radius 1 is 1.47 bits per heavy atom. The Morgan fingerprint density at radius 2 is 2.11 bits per heavy atom. The summed E-state index contributed by atoms with van der Waals surface area (Å²) in [5.74, 6) is -1.43. The van der Waals surface area contributed by atoms with Crippen molar-refractivity contribution in [1.29, 1.82) is 0 Å². The first-order valence-corrected chi connectivity index (χ1v) is 6.02. The third-order valence-corrected chi connectivity index (χ3v) is 2.57. The molecule has 7 nitrogen and oxygen atoms in total. The minimum Gasteiger partial charge on any atom is -0.480 e. The topological polar surface area (TPSA) is 104 Å². The Morgan fingerprint density at radius 3 is 2.58 bits per heavy atom. The van der Waals surface area contributed by atoms with Crippen LogP contribution in [0.5, 0.6) is 0 Å². The van der Waals surface area contributed by atoms with Crippen LogP contribution >= 0.6 is 0 Å². The van der Waals surface area contributed by atoms with Gasteiger partial charge in [-0.25, -0.2) is 4.79 Å². The van der Waals surface area contributed by atoms with Gasteiger partial charge in [-0.15, -0.1) is 0 Å². The number of carbonyl (C=O) groups is 2. The molecule has 0 spiro atoms. The lowest BCUT2D eigenvalue weighted by molar-refractivity contribution is -0.140. The fraction of sp³-hybridized carbons (Fsp3) is 0.583. The monoisotopic (exact) mass is 269 g/mol. The van der Waals surface area contributed by atoms with Crippen LogP contribution in [0.2, 0.25) is 0 Å². The predicted molar refractivity (Wildman–Crippen MR) is 67.7 cm³/mol. The summed E-state index contributed by atoms with van der Waals surface area (Å²) in [5.41, 5.74) is 1.05. The van der Waals surface area contributed by atoms with Crippen molar-refractivity contribution in [3.63, 3.8) is 0 Å². The number of hydrogen-bond donors (Lipinski definition) is 3. The first-order valence-electron chi connectivity index (χ1n) is 6.02. The SMILES string of the molecule is CC(C)Cc1cc(C(=O)N[C@@H](CO)C(=O)O)n(C)n1. The number of aryl methyl sites for hydroxylation is 1. The standard InChI is InChI=1S/C12H19N3O4/c1-7(2)4-8-5-10(15(3)14-8)11(17)13-9(6-16)12(18)19/h5,7,9,16H,4,6H2,1-3H3,(H,13,17)(H,18,19)/t9-/m0/s1. The maximum atomic E-state index is 11.9. The molecule has 0 aliphatic rings. The number of carboxylic acids is 1. The lowest BCUT2D eigenvalue weighted by Gasteiger charge is -2.11. The summed E-state index contributed by atoms with van der Waals surface area (Å²) in [5, 5.41) is 24.1. The van der Waals surface area contributed by atoms with Gasteiger partial charge in [-0.2, -0.15) is 5.10 Å². The molecule has 19 heavy (non-hydrogen) atoms. The van der Waals surface area contributed by atoms with Crippen molar-refractivity contribution in [2.75, 3.05) is 6.61 Å². The molecule has 1 amide bonds. The molecule has 0 radical (unpaired) electrons. The fourth-order valence-corrected chi connectivity index (χ4v) is 1.67. The van der Waals surface area contributed by atoms with Gasteiger partial charge in [0.1, 0.15) is 5.69 Å². The number of aliphatic carboxylic acids is 1. The number of aliphatic hydroxyl groups is 1. The Balaban J connectivity index is 2.82. The van der Waals surface area contributed by atoms with Crippen molar-refractivity contribution in [2.45, 2.75) is 26.3 Å². The zero-order valence-electron chi connectivity index (χ0n) is 11.3. The van der Waals surface area contributed by atoms with E-state index in [0.29, 0.717) is 5.92 Å². The van der Waals surface area contributed by atoms with Crippen LogP contribution in [0.1, 0.15) is 30.0 Å². The number of nitrogens with zero attached hydrogens (tertiary/aromatic N) is 2. The van der Waals surface area contributed by atoms with E-state index in [1.165, 1.54) is 4.68 Å². The second-order valence-electron chi connectivity index (χ2n) is 4.79. The van der Waals surface area contributed by atoms with Gasteiger partial charge in [0.2, 0.25) is 0 Å². The molecule has 0 aliphatic heterocycles. The quantitative estimate of drug-likeness (QED) is 0.663. The van der Waals surface area contributed by atoms with Crippen molar-refractivity contribution in [3.05, 3.63) is 17.5 Å². The van der Waals surface area contributed by atoms with Crippen molar-refractivity contribution in [3.8, 4) is 0 Å². The van der Waals surface area contributed by atoms with Gasteiger partial charge in [0.25, 0.3) is 5.91 Å². The Kier molecular flexibility index (Phi) is 5.05. The maximum Gasteiger partial charge on any atom is 0.328 e. The summed E-state index contributed by atoms with van der Waals surface area (Å²) in [6.45, 7) is 3.43. The average Bonchev–Trinajstić information content (AvgIpc) is 2.65. The van der Waals surface area contributed by atoms with Crippen LogP contribution in [-0.4, -0.2) is 44.5 Å². The summed E-state index contributed by atoms with van der Waals surface area (Å²) in [4.78, 5) is 22.6. The third-order valence-electron chi connectivity index (χ3n) is 2.57. The molecule has 1 heterocycles. The highest BCUT2D eigenvalue weighted by Gasteiger charge is 2.22. The van der Waals surface area contributed by atoms with Gasteiger partial charge in [-0.3, -0.25) is 9.48 Å². The Bertz CT molecular complexity index is 468. The lowest BCUT2D eigenvalue weighted by atomic mass is 10.1. The second-order valence-corrected chi connectivity index (χ2v) is 4.79. The van der Waals surface area contributed by atoms with E-state index in [9.17, 15) is 9.59 Å². The Labute approximate surface area is 111 Å². The molecule has 1 rings (SSSR count). The smallest absolute Gasteiger partial charge is 0.328 e. The van der Waals surface area contributed by atoms with Crippen LogP contribution < -0.4 is 5.32 Å². The van der Waals surface area contributed by atoms with E-state index >= 15 is 0 Å². The molecular formula is C12H19N3O4. The molecule has 3 N–H and O–H groups in total. The molecule has 0 aromatic carbocycles. The molecule has 1 aromatic heterocycles. The summed E-state index contributed by atoms with van der Waals surface area (Å²) in [7, 11) is 1.62. The average molecular weight is 269 g/mol. The summed E-state index contributed by atoms with van der Waals surface area (Å²) < 4.78 is 1.41. The normalized spacial score (nSPS) is 12.5. The summed E-state index contributed by atoms with van der Waals surface area (Å²) in [6, 6.07) is 0.321. The second kappa shape index (κ2) is 6.33. The number of aromatic nitrogens is 2. The highest BCUT2D eigenvalue weighted by atomic mass is 16.4. The highest BCUT2D eigenvalue weighted by Crippen LogP contribution is 2.09. The van der Waals surface area contributed by atoms with E-state index in [0.717, 1.165) is 12.1 Å². The number of amides is 1. The van der Waals surface area contributed by atoms with Gasteiger partial charge in [0.15, 0.2) is 6.04 Å². The predicted octanol–water partition coefficient (Wildman–Crippen LogP) is -0.206. The minimum atomic E-state index is -1.31. The molecule has 106 valence electrons. The number of rotatable bonds is 6. The van der Waals surface area contributed by atoms with Crippen LogP contribution in [0, 0.1) is 5.92 Å². The van der Waals surface area contributed by atoms with E-state index in [1.54, 1.807) is 13.1 Å². The van der Waals surface area contributed by atoms with Gasteiger partial charge in [0.05, 0.1) is 12.3 Å². The van der Waals surface area contributed by atoms with E-state index in [4.69, 9.17) is 10.2 Å². The van der Waals surface area contributed by atoms with Crippen LogP contribution in [0.15, 0.2) is 6.07 Å². The largest absolute Gasteiger partial charge is 0.480 e. The minimum absolute atomic E-state index is 0.273. The molecule has 0 saturated heterocycles. The van der Waals surface area contributed by atoms with Crippen LogP contribution in [-0.2, 0) is 18.3 Å². The number of hydrogen-bond acceptors (Lipinski definition) is 4. The summed E-state index contributed by atoms with van der Waals surface area (Å²) >= 11 is 0. The van der Waals surface area contributed by atoms with Crippen molar-refractivity contribution in [1.82, 2.24) is 15.1 Å². The molecular weight excluding hydrogens is 250 g/mol. The van der Waals surface area contributed by atoms with E-state index in [1.807, 2.05) is 13.8 Å². The van der Waals surface area contributed by atoms with Crippen LogP contribution in [0.25, 0.3) is 0 Å². The number of nitrogens with one attached hydrogen (secondary N) is 1. The molecule has 0 aliphatic carbocycles. The van der Waals surface area contributed by atoms with Crippen molar-refractivity contribution < 1.29 is 19.8 Å². The zero-order chi connectivity index (χ0) is 14.6. The number of aliphatic hydroxyl groups excluding tert-OH is 1. The fourth-order valence-electron chi connectivity index (χ4n) is 1.67. The molecule has 7 heteroatoms. The van der Waals surface area contributed by atoms with Gasteiger partial charge in [-0.05, 0) is 18.4 Å². The van der Waals surface area contributed by atoms with Crippen LogP contribution in [0.4, 0.5) is 0 Å². The van der Waals surface area contributed by atoms with Crippen molar-refractivity contribution in [2.24, 2.45) is 13.0 Å². The molecule has 0 bridgehead atoms. The first-order chi connectivity index (χ1) is 8.85. The van der Waals surface area contributed by atoms with E-state index in [2.05, 4.69) is 10.4 Å². The van der Waals surface area contributed by atoms with Gasteiger partial charge < -0.3 is 15.5 Å². The number of carbonyl (C=O) groups excluding carboxylic acids is 1. The third kappa shape index (κ3) is 4.06. The molecule has 0 saturated carbocycles. The maximum absolute atomic E-state index is 11.9. The molecule has 1 aromatic rings. The summed E-state index contributed by atoms with van der Waals surface area (Å²) in [6.07, 6.45) is 0.740. The highest BCUT2D eigenvalue weighted by molar-refractivity contribution is 5.95. The van der Waals surface area contributed by atoms with Crippen LogP contribution in [0.3, 0.4) is 0 Å². The van der Waals surface area contributed by atoms with Gasteiger partial charge >= 0.3 is 5.97 Å². The molecule has 0 fully saturated rings. The van der Waals surface area contributed by atoms with Gasteiger partial charge in [-0.1, -0.05) is 13.8 Å². The van der Waals surface area contributed by atoms with E-state index in [-0.39, 0.29) is 5.69 Å². The molecule has 1 atom stereocenters. The van der Waals surface area contributed by atoms with E-state index < -0.39 is 24.5 Å².